The summed E-state index contributed by atoms with van der Waals surface area (Å²) in [6, 6.07) is 12.9. The fourth-order valence-corrected chi connectivity index (χ4v) is 3.96. The van der Waals surface area contributed by atoms with E-state index in [4.69, 9.17) is 9.47 Å². The first-order valence-corrected chi connectivity index (χ1v) is 13.7. The Hall–Kier alpha value is -2.13. The highest BCUT2D eigenvalue weighted by molar-refractivity contribution is 5.59. The molecule has 2 aromatic rings. The average molecular weight is 466 g/mol. The monoisotopic (exact) mass is 465 g/mol. The third kappa shape index (κ3) is 12.9. The van der Waals surface area contributed by atoms with E-state index >= 15 is 0 Å². The van der Waals surface area contributed by atoms with Crippen molar-refractivity contribution in [3.8, 4) is 17.0 Å². The number of hydrogen-bond donors (Lipinski definition) is 0. The minimum atomic E-state index is 0.702. The highest BCUT2D eigenvalue weighted by Gasteiger charge is 2.02. The van der Waals surface area contributed by atoms with Gasteiger partial charge in [0.2, 0.25) is 0 Å². The van der Waals surface area contributed by atoms with Crippen molar-refractivity contribution in [3.05, 3.63) is 60.3 Å². The molecule has 1 aromatic heterocycles. The first-order chi connectivity index (χ1) is 16.8. The van der Waals surface area contributed by atoms with Gasteiger partial charge in [0.15, 0.2) is 0 Å². The quantitative estimate of drug-likeness (QED) is 0.144. The number of allylic oxidation sites excluding steroid dienone is 1. The van der Waals surface area contributed by atoms with Crippen molar-refractivity contribution in [3.63, 3.8) is 0 Å². The third-order valence-corrected chi connectivity index (χ3v) is 6.03. The molecule has 0 fully saturated rings. The number of rotatable bonds is 20. The van der Waals surface area contributed by atoms with Gasteiger partial charge in [-0.2, -0.15) is 0 Å². The van der Waals surface area contributed by atoms with Crippen LogP contribution in [0, 0.1) is 0 Å². The Kier molecular flexibility index (Phi) is 15.9. The Bertz CT molecular complexity index is 752. The van der Waals surface area contributed by atoms with E-state index in [9.17, 15) is 0 Å². The van der Waals surface area contributed by atoms with Crippen molar-refractivity contribution in [1.29, 1.82) is 0 Å². The van der Waals surface area contributed by atoms with Crippen molar-refractivity contribution < 1.29 is 9.47 Å². The highest BCUT2D eigenvalue weighted by atomic mass is 16.5. The first kappa shape index (κ1) is 28.1. The van der Waals surface area contributed by atoms with Gasteiger partial charge in [0.25, 0.3) is 0 Å². The molecular weight excluding hydrogens is 418 g/mol. The minimum Gasteiger partial charge on any atom is -0.492 e. The highest BCUT2D eigenvalue weighted by Crippen LogP contribution is 2.21. The normalized spacial score (nSPS) is 11.4. The number of pyridine rings is 1. The maximum absolute atomic E-state index is 5.85. The first-order valence-electron chi connectivity index (χ1n) is 13.7. The largest absolute Gasteiger partial charge is 0.492 e. The van der Waals surface area contributed by atoms with Crippen LogP contribution in [0.3, 0.4) is 0 Å². The van der Waals surface area contributed by atoms with E-state index < -0.39 is 0 Å². The summed E-state index contributed by atoms with van der Waals surface area (Å²) in [5.41, 5.74) is 3.54. The molecule has 0 saturated carbocycles. The van der Waals surface area contributed by atoms with Crippen molar-refractivity contribution in [2.75, 3.05) is 19.8 Å². The van der Waals surface area contributed by atoms with Crippen molar-refractivity contribution >= 4 is 0 Å². The number of nitrogens with zero attached hydrogens (tertiary/aromatic N) is 1. The van der Waals surface area contributed by atoms with Crippen LogP contribution in [0.1, 0.15) is 96.5 Å². The summed E-state index contributed by atoms with van der Waals surface area (Å²) in [6.45, 7) is 6.91. The zero-order valence-electron chi connectivity index (χ0n) is 21.8. The number of hydrogen-bond acceptors (Lipinski definition) is 3. The van der Waals surface area contributed by atoms with Crippen LogP contribution in [0.25, 0.3) is 11.3 Å². The smallest absolute Gasteiger partial charge is 0.137 e. The molecule has 0 spiro atoms. The van der Waals surface area contributed by atoms with Crippen LogP contribution in [0.2, 0.25) is 0 Å². The zero-order chi connectivity index (χ0) is 24.1. The molecule has 0 N–H and O–H groups in total. The second kappa shape index (κ2) is 19.2. The predicted octanol–water partition coefficient (Wildman–Crippen LogP) is 8.96. The maximum Gasteiger partial charge on any atom is 0.137 e. The number of ether oxygens (including phenoxy) is 2. The molecule has 0 aliphatic heterocycles. The number of benzene rings is 1. The summed E-state index contributed by atoms with van der Waals surface area (Å²) < 4.78 is 11.4. The molecule has 0 atom stereocenters. The lowest BCUT2D eigenvalue weighted by atomic mass is 10.0. The van der Waals surface area contributed by atoms with E-state index in [1.165, 1.54) is 63.4 Å². The Labute approximate surface area is 209 Å². The molecule has 0 unspecified atom stereocenters. The van der Waals surface area contributed by atoms with Gasteiger partial charge in [0.1, 0.15) is 5.75 Å². The fourth-order valence-electron chi connectivity index (χ4n) is 3.96. The van der Waals surface area contributed by atoms with Gasteiger partial charge < -0.3 is 9.47 Å². The summed E-state index contributed by atoms with van der Waals surface area (Å²) in [5, 5.41) is 0. The molecule has 0 radical (unpaired) electrons. The van der Waals surface area contributed by atoms with Crippen LogP contribution in [0.15, 0.2) is 54.7 Å². The van der Waals surface area contributed by atoms with Crippen LogP contribution >= 0.6 is 0 Å². The third-order valence-electron chi connectivity index (χ3n) is 6.03. The topological polar surface area (TPSA) is 31.4 Å². The molecule has 0 saturated heterocycles. The second-order valence-corrected chi connectivity index (χ2v) is 9.16. The van der Waals surface area contributed by atoms with Crippen LogP contribution in [-0.4, -0.2) is 24.8 Å². The lowest BCUT2D eigenvalue weighted by Crippen LogP contribution is -1.96. The molecular formula is C31H47NO2. The van der Waals surface area contributed by atoms with Crippen LogP contribution in [-0.2, 0) is 11.2 Å². The molecule has 3 nitrogen and oxygen atoms in total. The molecule has 0 aliphatic rings. The minimum absolute atomic E-state index is 0.702. The maximum atomic E-state index is 5.85. The Morgan fingerprint density at radius 3 is 2.21 bits per heavy atom. The summed E-state index contributed by atoms with van der Waals surface area (Å²) in [4.78, 5) is 4.60. The molecule has 3 heteroatoms. The lowest BCUT2D eigenvalue weighted by molar-refractivity contribution is 0.130. The Morgan fingerprint density at radius 1 is 0.676 bits per heavy atom. The predicted molar refractivity (Wildman–Crippen MR) is 146 cm³/mol. The number of aryl methyl sites for hydroxylation is 1. The molecule has 0 aliphatic carbocycles. The van der Waals surface area contributed by atoms with Crippen LogP contribution < -0.4 is 4.74 Å². The van der Waals surface area contributed by atoms with E-state index in [0.717, 1.165) is 55.9 Å². The Balaban J connectivity index is 1.59. The van der Waals surface area contributed by atoms with Crippen LogP contribution in [0.4, 0.5) is 0 Å². The van der Waals surface area contributed by atoms with Crippen molar-refractivity contribution in [1.82, 2.24) is 4.98 Å². The SMILES string of the molecule is CCCCCCCC/C=C\CCOc1ccc(-c2ccc(CCCCCOCCC)cc2)nc1. The fraction of sp³-hybridized carbons (Fsp3) is 0.581. The van der Waals surface area contributed by atoms with E-state index in [-0.39, 0.29) is 0 Å². The van der Waals surface area contributed by atoms with Gasteiger partial charge in [-0.3, -0.25) is 4.98 Å². The molecule has 0 amide bonds. The Morgan fingerprint density at radius 2 is 1.44 bits per heavy atom. The second-order valence-electron chi connectivity index (χ2n) is 9.16. The van der Waals surface area contributed by atoms with Gasteiger partial charge in [0.05, 0.1) is 18.5 Å². The van der Waals surface area contributed by atoms with Crippen molar-refractivity contribution in [2.24, 2.45) is 0 Å². The number of unbranched alkanes of at least 4 members (excludes halogenated alkanes) is 8. The number of aromatic nitrogens is 1. The molecule has 1 heterocycles. The summed E-state index contributed by atoms with van der Waals surface area (Å²) in [6.07, 6.45) is 22.5. The molecule has 188 valence electrons. The molecule has 34 heavy (non-hydrogen) atoms. The summed E-state index contributed by atoms with van der Waals surface area (Å²) in [5.74, 6) is 0.840. The lowest BCUT2D eigenvalue weighted by Gasteiger charge is -2.07. The summed E-state index contributed by atoms with van der Waals surface area (Å²) >= 11 is 0. The van der Waals surface area contributed by atoms with E-state index in [1.54, 1.807) is 0 Å². The van der Waals surface area contributed by atoms with Gasteiger partial charge >= 0.3 is 0 Å². The van der Waals surface area contributed by atoms with Gasteiger partial charge in [-0.25, -0.2) is 0 Å². The van der Waals surface area contributed by atoms with E-state index in [1.807, 2.05) is 12.3 Å². The van der Waals surface area contributed by atoms with E-state index in [2.05, 4.69) is 61.3 Å². The van der Waals surface area contributed by atoms with Gasteiger partial charge in [-0.1, -0.05) is 88.8 Å². The van der Waals surface area contributed by atoms with Gasteiger partial charge in [-0.05, 0) is 62.6 Å². The van der Waals surface area contributed by atoms with E-state index in [0.29, 0.717) is 6.61 Å². The standard InChI is InChI=1S/C31H47NO2/c1-3-5-6-7-8-9-10-11-12-16-26-34-30-22-23-31(32-27-30)29-20-18-28(19-21-29)17-14-13-15-25-33-24-4-2/h11-12,18-23,27H,3-10,13-17,24-26H2,1-2H3/b12-11-. The molecule has 1 aromatic carbocycles. The average Bonchev–Trinajstić information content (AvgIpc) is 2.87. The molecule has 2 rings (SSSR count). The van der Waals surface area contributed by atoms with Crippen molar-refractivity contribution in [2.45, 2.75) is 97.3 Å². The zero-order valence-corrected chi connectivity index (χ0v) is 21.8. The molecule has 0 bridgehead atoms. The van der Waals surface area contributed by atoms with Gasteiger partial charge in [-0.15, -0.1) is 0 Å². The van der Waals surface area contributed by atoms with Crippen LogP contribution in [0.5, 0.6) is 5.75 Å². The van der Waals surface area contributed by atoms with Gasteiger partial charge in [0, 0.05) is 18.8 Å². The summed E-state index contributed by atoms with van der Waals surface area (Å²) in [7, 11) is 0.